The highest BCUT2D eigenvalue weighted by atomic mass is 35.5. The monoisotopic (exact) mass is 374 g/mol. The maximum Gasteiger partial charge on any atom is 0.270 e. The highest BCUT2D eigenvalue weighted by molar-refractivity contribution is 6.30. The lowest BCUT2D eigenvalue weighted by Gasteiger charge is -2.10. The van der Waals surface area contributed by atoms with Crippen LogP contribution >= 0.6 is 11.6 Å². The minimum Gasteiger partial charge on any atom is -0.345 e. The number of amides is 3. The van der Waals surface area contributed by atoms with Gasteiger partial charge in [-0.1, -0.05) is 36.7 Å². The van der Waals surface area contributed by atoms with Crippen LogP contribution in [0.4, 0.5) is 5.69 Å². The number of aromatic nitrogens is 1. The van der Waals surface area contributed by atoms with Crippen LogP contribution in [-0.4, -0.2) is 35.8 Å². The lowest BCUT2D eigenvalue weighted by molar-refractivity contribution is -0.123. The fourth-order valence-corrected chi connectivity index (χ4v) is 2.33. The van der Waals surface area contributed by atoms with E-state index in [9.17, 15) is 14.4 Å². The van der Waals surface area contributed by atoms with E-state index in [2.05, 4.69) is 20.9 Å². The topological polar surface area (TPSA) is 100 Å². The fourth-order valence-electron chi connectivity index (χ4n) is 2.17. The summed E-state index contributed by atoms with van der Waals surface area (Å²) in [5.74, 6) is -1.36. The summed E-state index contributed by atoms with van der Waals surface area (Å²) in [5.41, 5.74) is 1.84. The first-order chi connectivity index (χ1) is 12.5. The summed E-state index contributed by atoms with van der Waals surface area (Å²) in [6.07, 6.45) is 2.18. The molecular formula is C18H19ClN4O3. The van der Waals surface area contributed by atoms with Crippen molar-refractivity contribution < 1.29 is 14.4 Å². The minimum atomic E-state index is -0.524. The Labute approximate surface area is 156 Å². The molecule has 0 aliphatic heterocycles. The number of halogens is 1. The van der Waals surface area contributed by atoms with E-state index in [4.69, 9.17) is 11.6 Å². The molecule has 7 nitrogen and oxygen atoms in total. The van der Waals surface area contributed by atoms with E-state index in [1.807, 2.05) is 25.1 Å². The molecule has 2 rings (SSSR count). The van der Waals surface area contributed by atoms with Gasteiger partial charge in [0, 0.05) is 16.9 Å². The Bertz CT molecular complexity index is 811. The standard InChI is InChI=1S/C18H19ClN4O3/c1-2-12-5-3-4-6-14(12)23-17(25)11-21-16(24)10-22-18(26)15-9-13(19)7-8-20-15/h3-9H,2,10-11H2,1H3,(H,21,24)(H,22,26)(H,23,25). The van der Waals surface area contributed by atoms with Gasteiger partial charge in [-0.3, -0.25) is 19.4 Å². The van der Waals surface area contributed by atoms with Crippen LogP contribution in [0, 0.1) is 0 Å². The van der Waals surface area contributed by atoms with Crippen LogP contribution < -0.4 is 16.0 Å². The number of hydrogen-bond donors (Lipinski definition) is 3. The van der Waals surface area contributed by atoms with Gasteiger partial charge in [-0.05, 0) is 30.2 Å². The molecule has 0 spiro atoms. The largest absolute Gasteiger partial charge is 0.345 e. The van der Waals surface area contributed by atoms with Gasteiger partial charge in [0.2, 0.25) is 11.8 Å². The Morgan fingerprint density at radius 1 is 1.04 bits per heavy atom. The Morgan fingerprint density at radius 3 is 2.50 bits per heavy atom. The van der Waals surface area contributed by atoms with E-state index in [1.165, 1.54) is 12.3 Å². The van der Waals surface area contributed by atoms with Crippen molar-refractivity contribution in [2.24, 2.45) is 0 Å². The van der Waals surface area contributed by atoms with Crippen molar-refractivity contribution in [3.05, 3.63) is 58.9 Å². The molecule has 0 saturated carbocycles. The summed E-state index contributed by atoms with van der Waals surface area (Å²) in [4.78, 5) is 39.4. The molecule has 0 radical (unpaired) electrons. The van der Waals surface area contributed by atoms with E-state index < -0.39 is 11.8 Å². The Morgan fingerprint density at radius 2 is 1.77 bits per heavy atom. The van der Waals surface area contributed by atoms with Crippen LogP contribution in [0.1, 0.15) is 23.0 Å². The van der Waals surface area contributed by atoms with E-state index in [1.54, 1.807) is 12.1 Å². The number of para-hydroxylation sites is 1. The van der Waals surface area contributed by atoms with Crippen molar-refractivity contribution in [2.75, 3.05) is 18.4 Å². The van der Waals surface area contributed by atoms with Crippen molar-refractivity contribution in [3.63, 3.8) is 0 Å². The molecule has 2 aromatic rings. The zero-order chi connectivity index (χ0) is 18.9. The van der Waals surface area contributed by atoms with Crippen LogP contribution in [-0.2, 0) is 16.0 Å². The predicted octanol–water partition coefficient (Wildman–Crippen LogP) is 1.78. The highest BCUT2D eigenvalue weighted by Crippen LogP contribution is 2.14. The van der Waals surface area contributed by atoms with Gasteiger partial charge in [0.15, 0.2) is 0 Å². The average Bonchev–Trinajstić information content (AvgIpc) is 2.64. The van der Waals surface area contributed by atoms with Gasteiger partial charge in [0.05, 0.1) is 13.1 Å². The van der Waals surface area contributed by atoms with E-state index in [-0.39, 0.29) is 24.7 Å². The van der Waals surface area contributed by atoms with Crippen molar-refractivity contribution in [1.29, 1.82) is 0 Å². The van der Waals surface area contributed by atoms with Crippen molar-refractivity contribution >= 4 is 35.0 Å². The number of pyridine rings is 1. The predicted molar refractivity (Wildman–Crippen MR) is 99.0 cm³/mol. The quantitative estimate of drug-likeness (QED) is 0.687. The summed E-state index contributed by atoms with van der Waals surface area (Å²) >= 11 is 5.78. The third-order valence-corrected chi connectivity index (χ3v) is 3.72. The molecule has 0 bridgehead atoms. The molecule has 0 atom stereocenters. The van der Waals surface area contributed by atoms with Crippen LogP contribution in [0.5, 0.6) is 0 Å². The number of nitrogens with one attached hydrogen (secondary N) is 3. The molecule has 26 heavy (non-hydrogen) atoms. The smallest absolute Gasteiger partial charge is 0.270 e. The molecule has 0 unspecified atom stereocenters. The maximum absolute atomic E-state index is 11.9. The van der Waals surface area contributed by atoms with Gasteiger partial charge in [-0.2, -0.15) is 0 Å². The lowest BCUT2D eigenvalue weighted by atomic mass is 10.1. The molecule has 3 amide bonds. The molecule has 0 aliphatic carbocycles. The fraction of sp³-hybridized carbons (Fsp3) is 0.222. The summed E-state index contributed by atoms with van der Waals surface area (Å²) in [5, 5.41) is 7.98. The first kappa shape index (κ1) is 19.4. The summed E-state index contributed by atoms with van der Waals surface area (Å²) < 4.78 is 0. The molecule has 0 fully saturated rings. The number of hydrogen-bond acceptors (Lipinski definition) is 4. The minimum absolute atomic E-state index is 0.110. The van der Waals surface area contributed by atoms with Crippen molar-refractivity contribution in [1.82, 2.24) is 15.6 Å². The van der Waals surface area contributed by atoms with Crippen molar-refractivity contribution in [3.8, 4) is 0 Å². The lowest BCUT2D eigenvalue weighted by Crippen LogP contribution is -2.40. The number of carbonyl (C=O) groups is 3. The van der Waals surface area contributed by atoms with E-state index >= 15 is 0 Å². The van der Waals surface area contributed by atoms with Crippen LogP contribution in [0.15, 0.2) is 42.6 Å². The van der Waals surface area contributed by atoms with E-state index in [0.29, 0.717) is 5.02 Å². The summed E-state index contributed by atoms with van der Waals surface area (Å²) in [7, 11) is 0. The zero-order valence-electron chi connectivity index (χ0n) is 14.2. The number of nitrogens with zero attached hydrogens (tertiary/aromatic N) is 1. The first-order valence-electron chi connectivity index (χ1n) is 8.03. The Hall–Kier alpha value is -2.93. The number of aryl methyl sites for hydroxylation is 1. The average molecular weight is 375 g/mol. The molecule has 1 aromatic carbocycles. The highest BCUT2D eigenvalue weighted by Gasteiger charge is 2.11. The Balaban J connectivity index is 1.76. The van der Waals surface area contributed by atoms with Gasteiger partial charge >= 0.3 is 0 Å². The second-order valence-electron chi connectivity index (χ2n) is 5.38. The molecule has 136 valence electrons. The van der Waals surface area contributed by atoms with Crippen LogP contribution in [0.3, 0.4) is 0 Å². The SMILES string of the molecule is CCc1ccccc1NC(=O)CNC(=O)CNC(=O)c1cc(Cl)ccn1. The van der Waals surface area contributed by atoms with Crippen LogP contribution in [0.25, 0.3) is 0 Å². The Kier molecular flexibility index (Phi) is 7.11. The molecule has 1 aromatic heterocycles. The third-order valence-electron chi connectivity index (χ3n) is 3.48. The van der Waals surface area contributed by atoms with Gasteiger partial charge in [-0.25, -0.2) is 0 Å². The number of benzene rings is 1. The van der Waals surface area contributed by atoms with Gasteiger partial charge in [-0.15, -0.1) is 0 Å². The van der Waals surface area contributed by atoms with Gasteiger partial charge in [0.25, 0.3) is 5.91 Å². The van der Waals surface area contributed by atoms with Gasteiger partial charge < -0.3 is 16.0 Å². The van der Waals surface area contributed by atoms with Crippen LogP contribution in [0.2, 0.25) is 5.02 Å². The number of rotatable bonds is 7. The second-order valence-corrected chi connectivity index (χ2v) is 5.81. The molecular weight excluding hydrogens is 356 g/mol. The zero-order valence-corrected chi connectivity index (χ0v) is 15.0. The maximum atomic E-state index is 11.9. The normalized spacial score (nSPS) is 10.1. The molecule has 3 N–H and O–H groups in total. The summed E-state index contributed by atoms with van der Waals surface area (Å²) in [6, 6.07) is 10.4. The molecule has 0 aliphatic rings. The van der Waals surface area contributed by atoms with Gasteiger partial charge in [0.1, 0.15) is 5.69 Å². The summed E-state index contributed by atoms with van der Waals surface area (Å²) in [6.45, 7) is 1.53. The van der Waals surface area contributed by atoms with E-state index in [0.717, 1.165) is 17.7 Å². The molecule has 1 heterocycles. The van der Waals surface area contributed by atoms with Crippen molar-refractivity contribution in [2.45, 2.75) is 13.3 Å². The number of anilines is 1. The first-order valence-corrected chi connectivity index (χ1v) is 8.41. The molecule has 8 heteroatoms. The second kappa shape index (κ2) is 9.53. The third kappa shape index (κ3) is 5.86. The molecule has 0 saturated heterocycles. The number of carbonyl (C=O) groups excluding carboxylic acids is 3.